The minimum atomic E-state index is -0.0102. The first-order valence-electron chi connectivity index (χ1n) is 8.36. The number of hydrogen-bond donors (Lipinski definition) is 1. The molecule has 0 bridgehead atoms. The van der Waals surface area contributed by atoms with E-state index in [-0.39, 0.29) is 18.1 Å². The van der Waals surface area contributed by atoms with Crippen molar-refractivity contribution in [3.8, 4) is 0 Å². The molecule has 0 aliphatic carbocycles. The van der Waals surface area contributed by atoms with Gasteiger partial charge in [0.05, 0.1) is 12.7 Å². The third-order valence-electron chi connectivity index (χ3n) is 5.04. The molecule has 3 rings (SSSR count). The fourth-order valence-electron chi connectivity index (χ4n) is 3.29. The molecule has 2 fully saturated rings. The van der Waals surface area contributed by atoms with Gasteiger partial charge in [0, 0.05) is 57.1 Å². The monoisotopic (exact) mass is 321 g/mol. The van der Waals surface area contributed by atoms with Crippen molar-refractivity contribution < 1.29 is 9.53 Å². The molecule has 7 heteroatoms. The van der Waals surface area contributed by atoms with E-state index in [9.17, 15) is 4.79 Å². The number of amides is 1. The van der Waals surface area contributed by atoms with Crippen LogP contribution < -0.4 is 5.32 Å². The molecule has 1 aromatic rings. The summed E-state index contributed by atoms with van der Waals surface area (Å²) in [5.74, 6) is 0.187. The lowest BCUT2D eigenvalue weighted by atomic mass is 10.0. The first kappa shape index (κ1) is 16.4. The Kier molecular flexibility index (Phi) is 4.99. The summed E-state index contributed by atoms with van der Waals surface area (Å²) in [4.78, 5) is 16.6. The molecule has 2 aliphatic heterocycles. The normalized spacial score (nSPS) is 26.0. The summed E-state index contributed by atoms with van der Waals surface area (Å²) < 4.78 is 7.75. The molecule has 3 heterocycles. The summed E-state index contributed by atoms with van der Waals surface area (Å²) in [5.41, 5.74) is 2.24. The number of aromatic nitrogens is 2. The fraction of sp³-hybridized carbons (Fsp3) is 0.750. The molecule has 7 nitrogen and oxygen atoms in total. The summed E-state index contributed by atoms with van der Waals surface area (Å²) in [6.45, 7) is 6.71. The van der Waals surface area contributed by atoms with Crippen LogP contribution in [0.5, 0.6) is 0 Å². The zero-order valence-electron chi connectivity index (χ0n) is 14.3. The van der Waals surface area contributed by atoms with Crippen molar-refractivity contribution >= 4 is 5.91 Å². The van der Waals surface area contributed by atoms with Crippen molar-refractivity contribution in [3.05, 3.63) is 17.5 Å². The molecule has 1 amide bonds. The lowest BCUT2D eigenvalue weighted by molar-refractivity contribution is -0.132. The molecular formula is C16H27N5O2. The van der Waals surface area contributed by atoms with Crippen molar-refractivity contribution in [1.82, 2.24) is 24.9 Å². The van der Waals surface area contributed by atoms with Gasteiger partial charge in [0.2, 0.25) is 5.91 Å². The first-order chi connectivity index (χ1) is 11.1. The third-order valence-corrected chi connectivity index (χ3v) is 5.04. The predicted octanol–water partition coefficient (Wildman–Crippen LogP) is -0.0779. The van der Waals surface area contributed by atoms with Gasteiger partial charge in [-0.05, 0) is 20.4 Å². The lowest BCUT2D eigenvalue weighted by Crippen LogP contribution is -2.50. The van der Waals surface area contributed by atoms with Gasteiger partial charge in [0.15, 0.2) is 0 Å². The second-order valence-electron chi connectivity index (χ2n) is 6.56. The number of carbonyl (C=O) groups is 1. The largest absolute Gasteiger partial charge is 0.372 e. The second-order valence-corrected chi connectivity index (χ2v) is 6.56. The van der Waals surface area contributed by atoms with Crippen LogP contribution in [0.4, 0.5) is 0 Å². The van der Waals surface area contributed by atoms with Crippen LogP contribution in [-0.2, 0) is 16.6 Å². The van der Waals surface area contributed by atoms with Crippen molar-refractivity contribution in [2.75, 3.05) is 46.4 Å². The van der Waals surface area contributed by atoms with Gasteiger partial charge in [0.25, 0.3) is 0 Å². The van der Waals surface area contributed by atoms with Gasteiger partial charge in [0.1, 0.15) is 6.10 Å². The van der Waals surface area contributed by atoms with Gasteiger partial charge in [-0.25, -0.2) is 0 Å². The van der Waals surface area contributed by atoms with Crippen LogP contribution in [0.2, 0.25) is 0 Å². The molecule has 1 N–H and O–H groups in total. The summed E-state index contributed by atoms with van der Waals surface area (Å²) in [6.07, 6.45) is 2.79. The zero-order chi connectivity index (χ0) is 16.4. The Bertz CT molecular complexity index is 551. The van der Waals surface area contributed by atoms with E-state index < -0.39 is 0 Å². The minimum Gasteiger partial charge on any atom is -0.372 e. The maximum Gasteiger partial charge on any atom is 0.236 e. The maximum atomic E-state index is 12.4. The summed E-state index contributed by atoms with van der Waals surface area (Å²) in [7, 11) is 4.03. The number of nitrogens with zero attached hydrogens (tertiary/aromatic N) is 4. The fourth-order valence-corrected chi connectivity index (χ4v) is 3.29. The quantitative estimate of drug-likeness (QED) is 0.841. The molecule has 2 saturated heterocycles. The van der Waals surface area contributed by atoms with E-state index in [2.05, 4.69) is 29.3 Å². The van der Waals surface area contributed by atoms with Gasteiger partial charge >= 0.3 is 0 Å². The molecule has 128 valence electrons. The van der Waals surface area contributed by atoms with Crippen molar-refractivity contribution in [1.29, 1.82) is 0 Å². The van der Waals surface area contributed by atoms with Crippen LogP contribution in [0, 0.1) is 6.92 Å². The highest BCUT2D eigenvalue weighted by Gasteiger charge is 2.32. The number of carbonyl (C=O) groups excluding carboxylic acids is 1. The summed E-state index contributed by atoms with van der Waals surface area (Å²) >= 11 is 0. The first-order valence-corrected chi connectivity index (χ1v) is 8.36. The molecule has 0 radical (unpaired) electrons. The molecule has 2 atom stereocenters. The predicted molar refractivity (Wildman–Crippen MR) is 87.1 cm³/mol. The van der Waals surface area contributed by atoms with E-state index >= 15 is 0 Å². The Morgan fingerprint density at radius 3 is 2.74 bits per heavy atom. The smallest absolute Gasteiger partial charge is 0.236 e. The molecular weight excluding hydrogens is 294 g/mol. The van der Waals surface area contributed by atoms with Crippen LogP contribution in [0.15, 0.2) is 6.20 Å². The van der Waals surface area contributed by atoms with E-state index in [4.69, 9.17) is 4.74 Å². The van der Waals surface area contributed by atoms with Crippen LogP contribution in [0.3, 0.4) is 0 Å². The number of nitrogens with one attached hydrogen (secondary N) is 1. The highest BCUT2D eigenvalue weighted by atomic mass is 16.5. The third kappa shape index (κ3) is 3.57. The SMILES string of the molecule is Cc1c([C@H]2OCC[C@@H]2NCC(=O)N2CCN(C)CC2)cnn1C. The van der Waals surface area contributed by atoms with Crippen molar-refractivity contribution in [2.24, 2.45) is 7.05 Å². The topological polar surface area (TPSA) is 62.6 Å². The van der Waals surface area contributed by atoms with Crippen LogP contribution in [0.25, 0.3) is 0 Å². The number of rotatable bonds is 4. The Morgan fingerprint density at radius 1 is 1.35 bits per heavy atom. The molecule has 0 aromatic carbocycles. The Labute approximate surface area is 137 Å². The summed E-state index contributed by atoms with van der Waals surface area (Å²) in [6, 6.07) is 0.175. The number of hydrogen-bond acceptors (Lipinski definition) is 5. The average Bonchev–Trinajstić information content (AvgIpc) is 3.13. The lowest BCUT2D eigenvalue weighted by Gasteiger charge is -2.33. The Hall–Kier alpha value is -1.44. The van der Waals surface area contributed by atoms with Crippen molar-refractivity contribution in [3.63, 3.8) is 0 Å². The molecule has 1 aromatic heterocycles. The van der Waals surface area contributed by atoms with Gasteiger partial charge in [-0.3, -0.25) is 9.48 Å². The Balaban J connectivity index is 1.55. The molecule has 23 heavy (non-hydrogen) atoms. The van der Waals surface area contributed by atoms with E-state index in [0.29, 0.717) is 6.54 Å². The van der Waals surface area contributed by atoms with Gasteiger partial charge in [-0.1, -0.05) is 0 Å². The number of aryl methyl sites for hydroxylation is 1. The van der Waals surface area contributed by atoms with Crippen LogP contribution >= 0.6 is 0 Å². The van der Waals surface area contributed by atoms with Crippen LogP contribution in [0.1, 0.15) is 23.8 Å². The van der Waals surface area contributed by atoms with Crippen LogP contribution in [-0.4, -0.2) is 77.9 Å². The highest BCUT2D eigenvalue weighted by molar-refractivity contribution is 5.78. The molecule has 0 unspecified atom stereocenters. The van der Waals surface area contributed by atoms with Crippen molar-refractivity contribution in [2.45, 2.75) is 25.5 Å². The highest BCUT2D eigenvalue weighted by Crippen LogP contribution is 2.30. The second kappa shape index (κ2) is 6.98. The van der Waals surface area contributed by atoms with E-state index in [1.807, 2.05) is 22.8 Å². The van der Waals surface area contributed by atoms with E-state index in [1.54, 1.807) is 0 Å². The zero-order valence-corrected chi connectivity index (χ0v) is 14.3. The number of ether oxygens (including phenoxy) is 1. The molecule has 0 saturated carbocycles. The van der Waals surface area contributed by atoms with Gasteiger partial charge in [-0.15, -0.1) is 0 Å². The van der Waals surface area contributed by atoms with Gasteiger partial charge in [-0.2, -0.15) is 5.10 Å². The standard InChI is InChI=1S/C16H27N5O2/c1-12-13(10-18-20(12)3)16-14(4-9-23-16)17-11-15(22)21-7-5-19(2)6-8-21/h10,14,16-17H,4-9,11H2,1-3H3/t14-,16+/m0/s1. The summed E-state index contributed by atoms with van der Waals surface area (Å²) in [5, 5.41) is 7.71. The van der Waals surface area contributed by atoms with Gasteiger partial charge < -0.3 is 19.9 Å². The molecule has 2 aliphatic rings. The van der Waals surface area contributed by atoms with E-state index in [0.717, 1.165) is 50.5 Å². The van der Waals surface area contributed by atoms with E-state index in [1.165, 1.54) is 0 Å². The average molecular weight is 321 g/mol. The maximum absolute atomic E-state index is 12.4. The number of piperazine rings is 1. The molecule has 0 spiro atoms. The Morgan fingerprint density at radius 2 is 2.09 bits per heavy atom. The number of likely N-dealkylation sites (N-methyl/N-ethyl adjacent to an activating group) is 1. The minimum absolute atomic E-state index is 0.0102.